The van der Waals surface area contributed by atoms with Crippen LogP contribution in [0.2, 0.25) is 0 Å². The smallest absolute Gasteiger partial charge is 0.192 e. The minimum Gasteiger partial charge on any atom is -0.325 e. The summed E-state index contributed by atoms with van der Waals surface area (Å²) in [5.74, 6) is 0. The highest BCUT2D eigenvalue weighted by Gasteiger charge is 2.13. The Morgan fingerprint density at radius 1 is 1.67 bits per heavy atom. The van der Waals surface area contributed by atoms with E-state index in [4.69, 9.17) is 5.73 Å². The first-order valence-electron chi connectivity index (χ1n) is 3.38. The van der Waals surface area contributed by atoms with Gasteiger partial charge in [-0.1, -0.05) is 0 Å². The second-order valence-corrected chi connectivity index (χ2v) is 4.54. The Labute approximate surface area is 71.1 Å². The molecular formula is C6H11N3O2S. The van der Waals surface area contributed by atoms with Crippen molar-refractivity contribution in [3.63, 3.8) is 0 Å². The summed E-state index contributed by atoms with van der Waals surface area (Å²) < 4.78 is 23.5. The quantitative estimate of drug-likeness (QED) is 0.666. The van der Waals surface area contributed by atoms with Crippen LogP contribution in [0.1, 0.15) is 5.69 Å². The Morgan fingerprint density at radius 3 is 2.50 bits per heavy atom. The van der Waals surface area contributed by atoms with Crippen LogP contribution in [-0.2, 0) is 23.4 Å². The van der Waals surface area contributed by atoms with E-state index in [9.17, 15) is 8.42 Å². The Morgan fingerprint density at radius 2 is 2.25 bits per heavy atom. The molecule has 6 heteroatoms. The van der Waals surface area contributed by atoms with Crippen molar-refractivity contribution in [3.05, 3.63) is 11.8 Å². The molecule has 0 radical (unpaired) electrons. The number of aromatic nitrogens is 2. The molecule has 0 unspecified atom stereocenters. The fourth-order valence-corrected chi connectivity index (χ4v) is 1.82. The van der Waals surface area contributed by atoms with Gasteiger partial charge in [-0.2, -0.15) is 5.10 Å². The standard InChI is InChI=1S/C6H11N3O2S/c1-9-6(12(2,10)11)3-5(4-7)8-9/h3H,4,7H2,1-2H3. The molecule has 12 heavy (non-hydrogen) atoms. The Hall–Kier alpha value is -0.880. The van der Waals surface area contributed by atoms with Crippen LogP contribution in [0.15, 0.2) is 11.1 Å². The van der Waals surface area contributed by atoms with Crippen LogP contribution >= 0.6 is 0 Å². The molecule has 0 fully saturated rings. The summed E-state index contributed by atoms with van der Waals surface area (Å²) in [6, 6.07) is 1.48. The number of nitrogens with zero attached hydrogens (tertiary/aromatic N) is 2. The molecule has 2 N–H and O–H groups in total. The van der Waals surface area contributed by atoms with E-state index in [1.807, 2.05) is 0 Å². The van der Waals surface area contributed by atoms with Gasteiger partial charge in [-0.05, 0) is 6.07 Å². The van der Waals surface area contributed by atoms with E-state index < -0.39 is 9.84 Å². The van der Waals surface area contributed by atoms with Crippen LogP contribution in [-0.4, -0.2) is 24.5 Å². The molecule has 0 aliphatic rings. The molecule has 1 rings (SSSR count). The lowest BCUT2D eigenvalue weighted by atomic mass is 10.4. The molecular weight excluding hydrogens is 178 g/mol. The number of hydrogen-bond acceptors (Lipinski definition) is 4. The molecule has 1 aromatic rings. The maximum atomic E-state index is 11.1. The van der Waals surface area contributed by atoms with Gasteiger partial charge in [0.15, 0.2) is 14.9 Å². The predicted molar refractivity (Wildman–Crippen MR) is 44.2 cm³/mol. The molecule has 0 amide bonds. The molecule has 0 aliphatic carbocycles. The topological polar surface area (TPSA) is 78.0 Å². The average molecular weight is 189 g/mol. The molecule has 0 bridgehead atoms. The molecule has 1 heterocycles. The van der Waals surface area contributed by atoms with Crippen molar-refractivity contribution in [2.75, 3.05) is 6.26 Å². The van der Waals surface area contributed by atoms with Gasteiger partial charge in [-0.15, -0.1) is 0 Å². The third-order valence-corrected chi connectivity index (χ3v) is 2.62. The molecule has 0 saturated heterocycles. The summed E-state index contributed by atoms with van der Waals surface area (Å²) in [4.78, 5) is 0. The van der Waals surface area contributed by atoms with Crippen molar-refractivity contribution in [1.82, 2.24) is 9.78 Å². The van der Waals surface area contributed by atoms with Crippen molar-refractivity contribution >= 4 is 9.84 Å². The predicted octanol–water partition coefficient (Wildman–Crippen LogP) is -0.718. The Balaban J connectivity index is 3.27. The fourth-order valence-electron chi connectivity index (χ4n) is 0.954. The zero-order valence-corrected chi connectivity index (χ0v) is 7.80. The molecule has 68 valence electrons. The lowest BCUT2D eigenvalue weighted by molar-refractivity contribution is 0.582. The van der Waals surface area contributed by atoms with E-state index in [0.29, 0.717) is 5.69 Å². The number of hydrogen-bond donors (Lipinski definition) is 1. The van der Waals surface area contributed by atoms with Crippen molar-refractivity contribution in [1.29, 1.82) is 0 Å². The third kappa shape index (κ3) is 1.64. The molecule has 0 aromatic carbocycles. The SMILES string of the molecule is Cn1nc(CN)cc1S(C)(=O)=O. The first kappa shape index (κ1) is 9.21. The van der Waals surface area contributed by atoms with Gasteiger partial charge >= 0.3 is 0 Å². The highest BCUT2D eigenvalue weighted by atomic mass is 32.2. The van der Waals surface area contributed by atoms with Crippen LogP contribution < -0.4 is 5.73 Å². The number of nitrogens with two attached hydrogens (primary N) is 1. The van der Waals surface area contributed by atoms with Gasteiger partial charge < -0.3 is 5.73 Å². The van der Waals surface area contributed by atoms with E-state index in [2.05, 4.69) is 5.10 Å². The molecule has 0 aliphatic heterocycles. The molecule has 0 atom stereocenters. The minimum atomic E-state index is -3.18. The van der Waals surface area contributed by atoms with Gasteiger partial charge in [-0.3, -0.25) is 4.68 Å². The van der Waals surface area contributed by atoms with Crippen molar-refractivity contribution < 1.29 is 8.42 Å². The van der Waals surface area contributed by atoms with E-state index in [1.54, 1.807) is 7.05 Å². The first-order valence-corrected chi connectivity index (χ1v) is 5.27. The van der Waals surface area contributed by atoms with Crippen molar-refractivity contribution in [3.8, 4) is 0 Å². The van der Waals surface area contributed by atoms with E-state index in [0.717, 1.165) is 6.26 Å². The van der Waals surface area contributed by atoms with Gasteiger partial charge in [0.1, 0.15) is 0 Å². The number of aryl methyl sites for hydroxylation is 1. The zero-order valence-electron chi connectivity index (χ0n) is 6.98. The second kappa shape index (κ2) is 2.87. The van der Waals surface area contributed by atoms with E-state index in [-0.39, 0.29) is 11.6 Å². The van der Waals surface area contributed by atoms with Gasteiger partial charge in [0.25, 0.3) is 0 Å². The summed E-state index contributed by atoms with van der Waals surface area (Å²) in [6.07, 6.45) is 1.14. The van der Waals surface area contributed by atoms with Gasteiger partial charge in [-0.25, -0.2) is 8.42 Å². The number of rotatable bonds is 2. The first-order chi connectivity index (χ1) is 5.45. The van der Waals surface area contributed by atoms with E-state index >= 15 is 0 Å². The Bertz CT molecular complexity index is 379. The van der Waals surface area contributed by atoms with Crippen LogP contribution in [0.25, 0.3) is 0 Å². The molecule has 1 aromatic heterocycles. The summed E-state index contributed by atoms with van der Waals surface area (Å²) in [5, 5.41) is 4.11. The van der Waals surface area contributed by atoms with E-state index in [1.165, 1.54) is 10.7 Å². The summed E-state index contributed by atoms with van der Waals surface area (Å²) >= 11 is 0. The summed E-state index contributed by atoms with van der Waals surface area (Å²) in [6.45, 7) is 0.253. The molecule has 0 spiro atoms. The van der Waals surface area contributed by atoms with Crippen molar-refractivity contribution in [2.24, 2.45) is 12.8 Å². The van der Waals surface area contributed by atoms with Gasteiger partial charge in [0.2, 0.25) is 0 Å². The average Bonchev–Trinajstić information content (AvgIpc) is 2.29. The zero-order chi connectivity index (χ0) is 9.35. The summed E-state index contributed by atoms with van der Waals surface area (Å²) in [5.41, 5.74) is 5.89. The van der Waals surface area contributed by atoms with Crippen LogP contribution in [0.4, 0.5) is 0 Å². The monoisotopic (exact) mass is 189 g/mol. The number of sulfone groups is 1. The van der Waals surface area contributed by atoms with Gasteiger partial charge in [0.05, 0.1) is 5.69 Å². The molecule has 5 nitrogen and oxygen atoms in total. The minimum absolute atomic E-state index is 0.197. The summed E-state index contributed by atoms with van der Waals surface area (Å²) in [7, 11) is -1.60. The highest BCUT2D eigenvalue weighted by molar-refractivity contribution is 7.90. The van der Waals surface area contributed by atoms with Crippen LogP contribution in [0, 0.1) is 0 Å². The maximum absolute atomic E-state index is 11.1. The largest absolute Gasteiger partial charge is 0.325 e. The van der Waals surface area contributed by atoms with Gasteiger partial charge in [0, 0.05) is 19.8 Å². The lowest BCUT2D eigenvalue weighted by Crippen LogP contribution is -2.05. The van der Waals surface area contributed by atoms with Crippen LogP contribution in [0.3, 0.4) is 0 Å². The Kier molecular flexibility index (Phi) is 2.20. The molecule has 0 saturated carbocycles. The third-order valence-electron chi connectivity index (χ3n) is 1.48. The highest BCUT2D eigenvalue weighted by Crippen LogP contribution is 2.08. The van der Waals surface area contributed by atoms with Crippen molar-refractivity contribution in [2.45, 2.75) is 11.6 Å². The lowest BCUT2D eigenvalue weighted by Gasteiger charge is -1.95. The normalized spacial score (nSPS) is 11.9. The maximum Gasteiger partial charge on any atom is 0.192 e. The van der Waals surface area contributed by atoms with Crippen LogP contribution in [0.5, 0.6) is 0 Å². The fraction of sp³-hybridized carbons (Fsp3) is 0.500. The second-order valence-electron chi connectivity index (χ2n) is 2.57.